The van der Waals surface area contributed by atoms with Gasteiger partial charge in [-0.1, -0.05) is 12.7 Å². The van der Waals surface area contributed by atoms with Crippen LogP contribution < -0.4 is 0 Å². The Bertz CT molecular complexity index is 494. The maximum atomic E-state index is 11.6. The van der Waals surface area contributed by atoms with Crippen LogP contribution in [-0.4, -0.2) is 45.0 Å². The van der Waals surface area contributed by atoms with Gasteiger partial charge in [-0.15, -0.1) is 0 Å². The van der Waals surface area contributed by atoms with Crippen LogP contribution in [0.4, 0.5) is 4.79 Å². The van der Waals surface area contributed by atoms with E-state index in [9.17, 15) is 9.59 Å². The van der Waals surface area contributed by atoms with Crippen molar-refractivity contribution in [2.45, 2.75) is 13.1 Å². The second-order valence-electron chi connectivity index (χ2n) is 3.82. The summed E-state index contributed by atoms with van der Waals surface area (Å²) in [7, 11) is 0. The molecule has 18 heavy (non-hydrogen) atoms. The lowest BCUT2D eigenvalue weighted by atomic mass is 10.2. The lowest BCUT2D eigenvalue weighted by Crippen LogP contribution is -2.39. The minimum atomic E-state index is -1.04. The number of nitrogens with zero attached hydrogens (tertiary/aromatic N) is 3. The van der Waals surface area contributed by atoms with Crippen LogP contribution in [0.3, 0.4) is 0 Å². The number of carbonyl (C=O) groups is 2. The van der Waals surface area contributed by atoms with Gasteiger partial charge in [-0.25, -0.2) is 9.59 Å². The number of hydrogen-bond acceptors (Lipinski definition) is 4. The molecule has 7 nitrogen and oxygen atoms in total. The number of carbonyl (C=O) groups excluding carboxylic acids is 1. The van der Waals surface area contributed by atoms with Crippen LogP contribution in [0.15, 0.2) is 18.9 Å². The standard InChI is InChI=1S/C11H13N3O4/c1-2-5-18-11(17)13-3-4-14-9(7-13)8(6-12-14)10(15)16/h2,6H,1,3-5,7H2,(H,15,16). The molecule has 1 amide bonds. The number of aromatic nitrogens is 2. The first-order valence-corrected chi connectivity index (χ1v) is 5.44. The molecule has 0 atom stereocenters. The molecule has 0 saturated heterocycles. The number of aromatic carboxylic acids is 1. The maximum absolute atomic E-state index is 11.6. The summed E-state index contributed by atoms with van der Waals surface area (Å²) in [5, 5.41) is 13.0. The van der Waals surface area contributed by atoms with Gasteiger partial charge in [-0.3, -0.25) is 4.68 Å². The summed E-state index contributed by atoms with van der Waals surface area (Å²) in [4.78, 5) is 24.1. The number of ether oxygens (including phenoxy) is 1. The molecule has 0 saturated carbocycles. The second-order valence-corrected chi connectivity index (χ2v) is 3.82. The number of hydrogen-bond donors (Lipinski definition) is 1. The van der Waals surface area contributed by atoms with E-state index in [0.29, 0.717) is 18.8 Å². The summed E-state index contributed by atoms with van der Waals surface area (Å²) in [6, 6.07) is 0. The fraction of sp³-hybridized carbons (Fsp3) is 0.364. The lowest BCUT2D eigenvalue weighted by molar-refractivity contribution is 0.0688. The number of carboxylic acid groups (broad SMARTS) is 1. The second kappa shape index (κ2) is 4.91. The summed E-state index contributed by atoms with van der Waals surface area (Å²) in [5.41, 5.74) is 0.639. The smallest absolute Gasteiger partial charge is 0.410 e. The third-order valence-corrected chi connectivity index (χ3v) is 2.68. The molecule has 0 spiro atoms. The highest BCUT2D eigenvalue weighted by Crippen LogP contribution is 2.17. The van der Waals surface area contributed by atoms with Crippen LogP contribution in [-0.2, 0) is 17.8 Å². The quantitative estimate of drug-likeness (QED) is 0.800. The summed E-state index contributed by atoms with van der Waals surface area (Å²) in [6.07, 6.45) is 2.31. The van der Waals surface area contributed by atoms with E-state index in [4.69, 9.17) is 9.84 Å². The van der Waals surface area contributed by atoms with E-state index in [2.05, 4.69) is 11.7 Å². The van der Waals surface area contributed by atoms with E-state index < -0.39 is 12.1 Å². The van der Waals surface area contributed by atoms with Crippen LogP contribution in [0.5, 0.6) is 0 Å². The van der Waals surface area contributed by atoms with Crippen molar-refractivity contribution in [3.8, 4) is 0 Å². The zero-order chi connectivity index (χ0) is 13.1. The van der Waals surface area contributed by atoms with Crippen molar-refractivity contribution < 1.29 is 19.4 Å². The fourth-order valence-electron chi connectivity index (χ4n) is 1.80. The molecule has 1 aliphatic rings. The molecule has 1 aliphatic heterocycles. The minimum absolute atomic E-state index is 0.122. The molecule has 1 N–H and O–H groups in total. The number of rotatable bonds is 3. The Labute approximate surface area is 103 Å². The van der Waals surface area contributed by atoms with Gasteiger partial charge >= 0.3 is 12.1 Å². The van der Waals surface area contributed by atoms with Crippen molar-refractivity contribution in [1.82, 2.24) is 14.7 Å². The van der Waals surface area contributed by atoms with Gasteiger partial charge in [0.25, 0.3) is 0 Å². The Hall–Kier alpha value is -2.31. The van der Waals surface area contributed by atoms with Crippen LogP contribution >= 0.6 is 0 Å². The Morgan fingerprint density at radius 2 is 2.33 bits per heavy atom. The third kappa shape index (κ3) is 2.20. The molecule has 2 heterocycles. The molecule has 7 heteroatoms. The maximum Gasteiger partial charge on any atom is 0.410 e. The van der Waals surface area contributed by atoms with Crippen molar-refractivity contribution >= 4 is 12.1 Å². The van der Waals surface area contributed by atoms with Crippen molar-refractivity contribution in [2.24, 2.45) is 0 Å². The van der Waals surface area contributed by atoms with Gasteiger partial charge in [0.2, 0.25) is 0 Å². The van der Waals surface area contributed by atoms with Gasteiger partial charge in [0, 0.05) is 6.54 Å². The van der Waals surface area contributed by atoms with Gasteiger partial charge in [0.05, 0.1) is 25.0 Å². The number of carboxylic acids is 1. The van der Waals surface area contributed by atoms with Gasteiger partial charge in [-0.2, -0.15) is 5.10 Å². The summed E-state index contributed by atoms with van der Waals surface area (Å²) < 4.78 is 6.51. The Balaban J connectivity index is 2.13. The van der Waals surface area contributed by atoms with E-state index in [1.165, 1.54) is 17.2 Å². The van der Waals surface area contributed by atoms with Gasteiger partial charge in [0.15, 0.2) is 0 Å². The normalized spacial score (nSPS) is 13.9. The first kappa shape index (κ1) is 12.2. The van der Waals surface area contributed by atoms with Gasteiger partial charge in [0.1, 0.15) is 12.2 Å². The minimum Gasteiger partial charge on any atom is -0.478 e. The van der Waals surface area contributed by atoms with Crippen LogP contribution in [0, 0.1) is 0 Å². The molecule has 0 aromatic carbocycles. The average molecular weight is 251 g/mol. The Morgan fingerprint density at radius 1 is 1.56 bits per heavy atom. The SMILES string of the molecule is C=CCOC(=O)N1CCn2ncc(C(=O)O)c2C1. The van der Waals surface area contributed by atoms with Crippen molar-refractivity contribution in [3.05, 3.63) is 30.1 Å². The van der Waals surface area contributed by atoms with E-state index in [1.54, 1.807) is 4.68 Å². The molecule has 0 unspecified atom stereocenters. The highest BCUT2D eigenvalue weighted by atomic mass is 16.6. The fourth-order valence-corrected chi connectivity index (χ4v) is 1.80. The van der Waals surface area contributed by atoms with Crippen LogP contribution in [0.1, 0.15) is 16.1 Å². The number of fused-ring (bicyclic) bond motifs is 1. The highest BCUT2D eigenvalue weighted by molar-refractivity contribution is 5.88. The molecule has 0 aliphatic carbocycles. The molecular formula is C11H13N3O4. The van der Waals surface area contributed by atoms with E-state index >= 15 is 0 Å². The molecule has 96 valence electrons. The van der Waals surface area contributed by atoms with Crippen LogP contribution in [0.25, 0.3) is 0 Å². The van der Waals surface area contributed by atoms with E-state index in [1.807, 2.05) is 0 Å². The molecule has 1 aromatic heterocycles. The topological polar surface area (TPSA) is 84.7 Å². The Morgan fingerprint density at radius 3 is 3.00 bits per heavy atom. The monoisotopic (exact) mass is 251 g/mol. The van der Waals surface area contributed by atoms with Crippen molar-refractivity contribution in [3.63, 3.8) is 0 Å². The van der Waals surface area contributed by atoms with Gasteiger partial charge < -0.3 is 14.7 Å². The van der Waals surface area contributed by atoms with Crippen molar-refractivity contribution in [2.75, 3.05) is 13.2 Å². The van der Waals surface area contributed by atoms with E-state index in [0.717, 1.165) is 0 Å². The third-order valence-electron chi connectivity index (χ3n) is 2.68. The van der Waals surface area contributed by atoms with Crippen LogP contribution in [0.2, 0.25) is 0 Å². The largest absolute Gasteiger partial charge is 0.478 e. The average Bonchev–Trinajstić information content (AvgIpc) is 2.78. The Kier molecular flexibility index (Phi) is 3.31. The molecule has 1 aromatic rings. The molecule has 0 fully saturated rings. The highest BCUT2D eigenvalue weighted by Gasteiger charge is 2.26. The molecule has 0 bridgehead atoms. The lowest BCUT2D eigenvalue weighted by Gasteiger charge is -2.27. The predicted molar refractivity (Wildman–Crippen MR) is 61.1 cm³/mol. The zero-order valence-corrected chi connectivity index (χ0v) is 9.70. The van der Waals surface area contributed by atoms with Crippen molar-refractivity contribution in [1.29, 1.82) is 0 Å². The predicted octanol–water partition coefficient (Wildman–Crippen LogP) is 0.720. The first-order valence-electron chi connectivity index (χ1n) is 5.44. The zero-order valence-electron chi connectivity index (χ0n) is 9.70. The molecule has 0 radical (unpaired) electrons. The summed E-state index contributed by atoms with van der Waals surface area (Å²) in [6.45, 7) is 4.70. The van der Waals surface area contributed by atoms with E-state index in [-0.39, 0.29) is 18.7 Å². The summed E-state index contributed by atoms with van der Waals surface area (Å²) >= 11 is 0. The van der Waals surface area contributed by atoms with Gasteiger partial charge in [-0.05, 0) is 0 Å². The summed E-state index contributed by atoms with van der Waals surface area (Å²) in [5.74, 6) is -1.04. The first-order chi connectivity index (χ1) is 8.63. The molecular weight excluding hydrogens is 238 g/mol. The molecule has 2 rings (SSSR count). The number of amides is 1.